The van der Waals surface area contributed by atoms with Crippen LogP contribution in [0.3, 0.4) is 0 Å². The summed E-state index contributed by atoms with van der Waals surface area (Å²) in [6, 6.07) is 0. The van der Waals surface area contributed by atoms with Crippen LogP contribution < -0.4 is 0 Å². The third-order valence-electron chi connectivity index (χ3n) is 1.32. The highest BCUT2D eigenvalue weighted by molar-refractivity contribution is 6.19. The van der Waals surface area contributed by atoms with Crippen LogP contribution in [0.25, 0.3) is 0 Å². The Labute approximate surface area is 71.2 Å². The summed E-state index contributed by atoms with van der Waals surface area (Å²) in [6.07, 6.45) is 3.64. The van der Waals surface area contributed by atoms with Crippen LogP contribution >= 0.6 is 11.6 Å². The van der Waals surface area contributed by atoms with E-state index in [0.717, 1.165) is 12.4 Å². The van der Waals surface area contributed by atoms with Crippen molar-refractivity contribution in [2.75, 3.05) is 5.88 Å². The maximum Gasteiger partial charge on any atom is 0.185 e. The van der Waals surface area contributed by atoms with E-state index in [9.17, 15) is 0 Å². The van der Waals surface area contributed by atoms with Gasteiger partial charge in [-0.1, -0.05) is 5.92 Å². The SMILES string of the molecule is CCn1ccnc1C#CCCl. The molecule has 1 heterocycles. The third kappa shape index (κ3) is 1.99. The van der Waals surface area contributed by atoms with Crippen LogP contribution in [0.5, 0.6) is 0 Å². The predicted octanol–water partition coefficient (Wildman–Crippen LogP) is 1.49. The van der Waals surface area contributed by atoms with E-state index in [1.807, 2.05) is 17.7 Å². The molecule has 3 heteroatoms. The van der Waals surface area contributed by atoms with Gasteiger partial charge in [-0.2, -0.15) is 0 Å². The summed E-state index contributed by atoms with van der Waals surface area (Å²) in [5.41, 5.74) is 0. The van der Waals surface area contributed by atoms with E-state index in [-0.39, 0.29) is 0 Å². The van der Waals surface area contributed by atoms with Crippen LogP contribution in [0.2, 0.25) is 0 Å². The van der Waals surface area contributed by atoms with E-state index < -0.39 is 0 Å². The molecule has 0 aliphatic carbocycles. The van der Waals surface area contributed by atoms with E-state index in [1.165, 1.54) is 0 Å². The topological polar surface area (TPSA) is 17.8 Å². The highest BCUT2D eigenvalue weighted by Crippen LogP contribution is 1.93. The fourth-order valence-corrected chi connectivity index (χ4v) is 0.868. The van der Waals surface area contributed by atoms with Gasteiger partial charge in [-0.15, -0.1) is 11.6 Å². The summed E-state index contributed by atoms with van der Waals surface area (Å²) < 4.78 is 1.97. The van der Waals surface area contributed by atoms with Gasteiger partial charge in [0.05, 0.1) is 5.88 Å². The first kappa shape index (κ1) is 8.16. The monoisotopic (exact) mass is 168 g/mol. The van der Waals surface area contributed by atoms with E-state index in [1.54, 1.807) is 6.20 Å². The van der Waals surface area contributed by atoms with Crippen molar-refractivity contribution in [3.63, 3.8) is 0 Å². The van der Waals surface area contributed by atoms with E-state index in [2.05, 4.69) is 16.8 Å². The van der Waals surface area contributed by atoms with Crippen molar-refractivity contribution in [1.82, 2.24) is 9.55 Å². The standard InChI is InChI=1S/C8H9ClN2/c1-2-11-7-6-10-8(11)4-3-5-9/h6-7H,2,5H2,1H3. The van der Waals surface area contributed by atoms with Gasteiger partial charge < -0.3 is 4.57 Å². The second-order valence-electron chi connectivity index (χ2n) is 1.97. The van der Waals surface area contributed by atoms with Crippen LogP contribution in [0.15, 0.2) is 12.4 Å². The first-order chi connectivity index (χ1) is 5.38. The van der Waals surface area contributed by atoms with E-state index >= 15 is 0 Å². The fraction of sp³-hybridized carbons (Fsp3) is 0.375. The molecule has 0 amide bonds. The van der Waals surface area contributed by atoms with Gasteiger partial charge in [0.25, 0.3) is 0 Å². The average molecular weight is 169 g/mol. The number of imidazole rings is 1. The van der Waals surface area contributed by atoms with E-state index in [0.29, 0.717) is 5.88 Å². The summed E-state index contributed by atoms with van der Waals surface area (Å²) in [6.45, 7) is 2.94. The predicted molar refractivity (Wildman–Crippen MR) is 45.5 cm³/mol. The van der Waals surface area contributed by atoms with Crippen molar-refractivity contribution >= 4 is 11.6 Å². The second-order valence-corrected chi connectivity index (χ2v) is 2.24. The molecular formula is C8H9ClN2. The van der Waals surface area contributed by atoms with Gasteiger partial charge in [-0.05, 0) is 12.8 Å². The first-order valence-electron chi connectivity index (χ1n) is 3.44. The van der Waals surface area contributed by atoms with Gasteiger partial charge in [0, 0.05) is 18.9 Å². The molecule has 0 aliphatic rings. The molecule has 0 spiro atoms. The Morgan fingerprint density at radius 2 is 2.55 bits per heavy atom. The highest BCUT2D eigenvalue weighted by Gasteiger charge is 1.93. The average Bonchev–Trinajstić information content (AvgIpc) is 2.47. The lowest BCUT2D eigenvalue weighted by atomic mass is 10.5. The summed E-state index contributed by atoms with van der Waals surface area (Å²) in [5, 5.41) is 0. The zero-order chi connectivity index (χ0) is 8.10. The summed E-state index contributed by atoms with van der Waals surface area (Å²) in [5.74, 6) is 6.76. The normalized spacial score (nSPS) is 8.91. The van der Waals surface area contributed by atoms with Gasteiger partial charge in [0.2, 0.25) is 0 Å². The van der Waals surface area contributed by atoms with Crippen molar-refractivity contribution in [2.24, 2.45) is 0 Å². The number of aromatic nitrogens is 2. The fourth-order valence-electron chi connectivity index (χ4n) is 0.801. The molecule has 0 saturated heterocycles. The Balaban J connectivity index is 2.84. The molecule has 0 N–H and O–H groups in total. The Morgan fingerprint density at radius 1 is 1.73 bits per heavy atom. The van der Waals surface area contributed by atoms with Crippen LogP contribution in [0.1, 0.15) is 12.7 Å². The van der Waals surface area contributed by atoms with Crippen molar-refractivity contribution < 1.29 is 0 Å². The smallest absolute Gasteiger partial charge is 0.185 e. The van der Waals surface area contributed by atoms with Gasteiger partial charge in [-0.25, -0.2) is 4.98 Å². The third-order valence-corrected chi connectivity index (χ3v) is 1.46. The quantitative estimate of drug-likeness (QED) is 0.459. The zero-order valence-corrected chi connectivity index (χ0v) is 7.10. The minimum Gasteiger partial charge on any atom is -0.325 e. The minimum absolute atomic E-state index is 0.358. The minimum atomic E-state index is 0.358. The number of hydrogen-bond acceptors (Lipinski definition) is 1. The molecule has 0 radical (unpaired) electrons. The molecule has 0 fully saturated rings. The lowest BCUT2D eigenvalue weighted by Crippen LogP contribution is -1.95. The number of alkyl halides is 1. The summed E-state index contributed by atoms with van der Waals surface area (Å²) in [7, 11) is 0. The molecule has 0 aliphatic heterocycles. The van der Waals surface area contributed by atoms with Crippen molar-refractivity contribution in [3.8, 4) is 11.8 Å². The molecule has 0 bridgehead atoms. The maximum atomic E-state index is 5.40. The molecule has 0 unspecified atom stereocenters. The lowest BCUT2D eigenvalue weighted by molar-refractivity contribution is 0.750. The molecule has 1 rings (SSSR count). The molecule has 58 valence electrons. The van der Waals surface area contributed by atoms with Crippen LogP contribution in [-0.4, -0.2) is 15.4 Å². The number of rotatable bonds is 1. The van der Waals surface area contributed by atoms with E-state index in [4.69, 9.17) is 11.6 Å². The van der Waals surface area contributed by atoms with Crippen LogP contribution in [0, 0.1) is 11.8 Å². The molecule has 2 nitrogen and oxygen atoms in total. The molecule has 11 heavy (non-hydrogen) atoms. The van der Waals surface area contributed by atoms with Crippen molar-refractivity contribution in [1.29, 1.82) is 0 Å². The van der Waals surface area contributed by atoms with Gasteiger partial charge in [0.15, 0.2) is 5.82 Å². The second kappa shape index (κ2) is 4.05. The Hall–Kier alpha value is -0.940. The molecule has 0 saturated carbocycles. The summed E-state index contributed by atoms with van der Waals surface area (Å²) >= 11 is 5.40. The summed E-state index contributed by atoms with van der Waals surface area (Å²) in [4.78, 5) is 4.06. The Bertz CT molecular complexity index is 280. The largest absolute Gasteiger partial charge is 0.325 e. The Kier molecular flexibility index (Phi) is 3.00. The number of hydrogen-bond donors (Lipinski definition) is 0. The molecule has 1 aromatic rings. The Morgan fingerprint density at radius 3 is 3.18 bits per heavy atom. The number of nitrogens with zero attached hydrogens (tertiary/aromatic N) is 2. The molecule has 0 atom stereocenters. The van der Waals surface area contributed by atoms with Crippen LogP contribution in [0.4, 0.5) is 0 Å². The maximum absolute atomic E-state index is 5.40. The molecule has 1 aromatic heterocycles. The highest BCUT2D eigenvalue weighted by atomic mass is 35.5. The van der Waals surface area contributed by atoms with Gasteiger partial charge in [0.1, 0.15) is 0 Å². The lowest BCUT2D eigenvalue weighted by Gasteiger charge is -1.95. The van der Waals surface area contributed by atoms with Crippen molar-refractivity contribution in [3.05, 3.63) is 18.2 Å². The van der Waals surface area contributed by atoms with Gasteiger partial charge in [-0.3, -0.25) is 0 Å². The van der Waals surface area contributed by atoms with Crippen molar-refractivity contribution in [2.45, 2.75) is 13.5 Å². The molecular weight excluding hydrogens is 160 g/mol. The number of aryl methyl sites for hydroxylation is 1. The molecule has 0 aromatic carbocycles. The van der Waals surface area contributed by atoms with Crippen LogP contribution in [-0.2, 0) is 6.54 Å². The number of halogens is 1. The zero-order valence-electron chi connectivity index (χ0n) is 6.34. The van der Waals surface area contributed by atoms with Gasteiger partial charge >= 0.3 is 0 Å². The first-order valence-corrected chi connectivity index (χ1v) is 3.98.